The number of rotatable bonds is 7. The Kier molecular flexibility index (Phi) is 6.93. The molecule has 1 amide bonds. The van der Waals surface area contributed by atoms with E-state index in [4.69, 9.17) is 11.6 Å². The summed E-state index contributed by atoms with van der Waals surface area (Å²) in [5.41, 5.74) is 5.01. The molecule has 0 unspecified atom stereocenters. The van der Waals surface area contributed by atoms with Crippen molar-refractivity contribution in [2.45, 2.75) is 25.4 Å². The van der Waals surface area contributed by atoms with Gasteiger partial charge in [-0.3, -0.25) is 9.36 Å². The fraction of sp³-hybridized carbons (Fsp3) is 0.160. The number of hydrogen-bond acceptors (Lipinski definition) is 4. The van der Waals surface area contributed by atoms with Crippen LogP contribution >= 0.6 is 23.4 Å². The molecule has 0 atom stereocenters. The summed E-state index contributed by atoms with van der Waals surface area (Å²) in [6.07, 6.45) is 0.631. The molecule has 1 aromatic heterocycles. The van der Waals surface area contributed by atoms with Crippen LogP contribution in [0.1, 0.15) is 22.5 Å². The molecule has 0 aliphatic rings. The smallest absolute Gasteiger partial charge is 0.234 e. The third-order valence-electron chi connectivity index (χ3n) is 4.99. The second-order valence-corrected chi connectivity index (χ2v) is 8.91. The molecule has 1 N–H and O–H groups in total. The number of aryl methyl sites for hydroxylation is 2. The number of nitrogens with zero attached hydrogens (tertiary/aromatic N) is 3. The van der Waals surface area contributed by atoms with Crippen LogP contribution in [0.25, 0.3) is 5.69 Å². The quantitative estimate of drug-likeness (QED) is 0.349. The summed E-state index contributed by atoms with van der Waals surface area (Å²) in [5, 5.41) is 13.1. The molecule has 162 valence electrons. The van der Waals surface area contributed by atoms with Crippen LogP contribution in [0.3, 0.4) is 0 Å². The summed E-state index contributed by atoms with van der Waals surface area (Å²) in [6.45, 7) is 3.99. The van der Waals surface area contributed by atoms with Gasteiger partial charge in [0.05, 0.1) is 5.75 Å². The third-order valence-corrected chi connectivity index (χ3v) is 6.17. The molecule has 0 aliphatic heterocycles. The highest BCUT2D eigenvalue weighted by Crippen LogP contribution is 2.25. The van der Waals surface area contributed by atoms with Crippen LogP contribution in [0.2, 0.25) is 5.02 Å². The van der Waals surface area contributed by atoms with Gasteiger partial charge in [0.25, 0.3) is 0 Å². The SMILES string of the molecule is Cc1ccc(C)c(NC(=O)CSc2nnc(Cc3ccccc3)n2-c2ccc(Cl)cc2)c1. The van der Waals surface area contributed by atoms with Crippen LogP contribution < -0.4 is 5.32 Å². The molecule has 3 aromatic carbocycles. The number of benzene rings is 3. The van der Waals surface area contributed by atoms with Crippen molar-refractivity contribution in [1.82, 2.24) is 14.8 Å². The van der Waals surface area contributed by atoms with Gasteiger partial charge in [0.15, 0.2) is 5.16 Å². The van der Waals surface area contributed by atoms with Crippen LogP contribution in [-0.4, -0.2) is 26.4 Å². The Hall–Kier alpha value is -3.09. The van der Waals surface area contributed by atoms with Crippen molar-refractivity contribution in [3.05, 3.63) is 100 Å². The largest absolute Gasteiger partial charge is 0.325 e. The summed E-state index contributed by atoms with van der Waals surface area (Å²) in [4.78, 5) is 12.6. The van der Waals surface area contributed by atoms with Crippen molar-refractivity contribution in [3.63, 3.8) is 0 Å². The molecule has 7 heteroatoms. The molecule has 1 heterocycles. The van der Waals surface area contributed by atoms with Gasteiger partial charge in [0, 0.05) is 22.8 Å². The number of amides is 1. The van der Waals surface area contributed by atoms with Gasteiger partial charge < -0.3 is 5.32 Å². The van der Waals surface area contributed by atoms with Crippen LogP contribution in [0.4, 0.5) is 5.69 Å². The Morgan fingerprint density at radius 3 is 2.50 bits per heavy atom. The minimum Gasteiger partial charge on any atom is -0.325 e. The second kappa shape index (κ2) is 10.0. The van der Waals surface area contributed by atoms with E-state index in [1.165, 1.54) is 11.8 Å². The van der Waals surface area contributed by atoms with Crippen molar-refractivity contribution < 1.29 is 4.79 Å². The van der Waals surface area contributed by atoms with E-state index in [2.05, 4.69) is 27.6 Å². The standard InChI is InChI=1S/C25H23ClN4OS/c1-17-8-9-18(2)22(14-17)27-24(31)16-32-25-29-28-23(15-19-6-4-3-5-7-19)30(25)21-12-10-20(26)11-13-21/h3-14H,15-16H2,1-2H3,(H,27,31). The zero-order chi connectivity index (χ0) is 22.5. The van der Waals surface area contributed by atoms with Crippen molar-refractivity contribution in [3.8, 4) is 5.69 Å². The number of hydrogen-bond donors (Lipinski definition) is 1. The van der Waals surface area contributed by atoms with Crippen LogP contribution in [0.5, 0.6) is 0 Å². The second-order valence-electron chi connectivity index (χ2n) is 7.53. The van der Waals surface area contributed by atoms with Gasteiger partial charge in [-0.25, -0.2) is 0 Å². The fourth-order valence-corrected chi connectivity index (χ4v) is 4.22. The molecular weight excluding hydrogens is 440 g/mol. The minimum atomic E-state index is -0.0843. The average Bonchev–Trinajstić information content (AvgIpc) is 3.18. The van der Waals surface area contributed by atoms with Crippen LogP contribution in [0, 0.1) is 13.8 Å². The Labute approximate surface area is 196 Å². The Morgan fingerprint density at radius 2 is 1.75 bits per heavy atom. The van der Waals surface area contributed by atoms with Gasteiger partial charge in [-0.05, 0) is 60.9 Å². The van der Waals surface area contributed by atoms with Crippen molar-refractivity contribution in [2.24, 2.45) is 0 Å². The summed E-state index contributed by atoms with van der Waals surface area (Å²) >= 11 is 7.45. The summed E-state index contributed by atoms with van der Waals surface area (Å²) < 4.78 is 1.99. The summed E-state index contributed by atoms with van der Waals surface area (Å²) in [7, 11) is 0. The molecule has 4 rings (SSSR count). The molecule has 32 heavy (non-hydrogen) atoms. The Balaban J connectivity index is 1.55. The van der Waals surface area contributed by atoms with Gasteiger partial charge in [-0.15, -0.1) is 10.2 Å². The highest BCUT2D eigenvalue weighted by atomic mass is 35.5. The fourth-order valence-electron chi connectivity index (χ4n) is 3.32. The summed E-state index contributed by atoms with van der Waals surface area (Å²) in [6, 6.07) is 23.7. The molecule has 0 radical (unpaired) electrons. The van der Waals surface area contributed by atoms with E-state index < -0.39 is 0 Å². The monoisotopic (exact) mass is 462 g/mol. The van der Waals surface area contributed by atoms with Crippen LogP contribution in [0.15, 0.2) is 78.0 Å². The lowest BCUT2D eigenvalue weighted by atomic mass is 10.1. The lowest BCUT2D eigenvalue weighted by Crippen LogP contribution is -2.15. The van der Waals surface area contributed by atoms with Crippen molar-refractivity contribution >= 4 is 35.0 Å². The van der Waals surface area contributed by atoms with Gasteiger partial charge in [-0.2, -0.15) is 0 Å². The van der Waals surface area contributed by atoms with Gasteiger partial charge in [0.2, 0.25) is 5.91 Å². The van der Waals surface area contributed by atoms with E-state index in [-0.39, 0.29) is 11.7 Å². The van der Waals surface area contributed by atoms with Crippen molar-refractivity contribution in [2.75, 3.05) is 11.1 Å². The molecule has 0 saturated carbocycles. The average molecular weight is 463 g/mol. The zero-order valence-corrected chi connectivity index (χ0v) is 19.5. The van der Waals surface area contributed by atoms with E-state index >= 15 is 0 Å². The maximum absolute atomic E-state index is 12.6. The third kappa shape index (κ3) is 5.39. The van der Waals surface area contributed by atoms with Gasteiger partial charge in [-0.1, -0.05) is 65.8 Å². The van der Waals surface area contributed by atoms with Gasteiger partial charge >= 0.3 is 0 Å². The van der Waals surface area contributed by atoms with E-state index in [1.54, 1.807) is 0 Å². The Morgan fingerprint density at radius 1 is 1.00 bits per heavy atom. The van der Waals surface area contributed by atoms with E-state index in [0.717, 1.165) is 33.9 Å². The first-order valence-corrected chi connectivity index (χ1v) is 11.6. The number of nitrogens with one attached hydrogen (secondary N) is 1. The summed E-state index contributed by atoms with van der Waals surface area (Å²) in [5.74, 6) is 0.944. The number of thioether (sulfide) groups is 1. The zero-order valence-electron chi connectivity index (χ0n) is 17.9. The first-order valence-electron chi connectivity index (χ1n) is 10.2. The number of anilines is 1. The first-order chi connectivity index (χ1) is 15.5. The lowest BCUT2D eigenvalue weighted by molar-refractivity contribution is -0.113. The molecule has 0 bridgehead atoms. The predicted molar refractivity (Wildman–Crippen MR) is 131 cm³/mol. The molecule has 5 nitrogen and oxygen atoms in total. The number of carbonyl (C=O) groups excluding carboxylic acids is 1. The molecule has 0 aliphatic carbocycles. The minimum absolute atomic E-state index is 0.0843. The lowest BCUT2D eigenvalue weighted by Gasteiger charge is -2.11. The molecule has 0 fully saturated rings. The number of halogens is 1. The molecule has 4 aromatic rings. The van der Waals surface area contributed by atoms with Gasteiger partial charge in [0.1, 0.15) is 5.82 Å². The molecular formula is C25H23ClN4OS. The van der Waals surface area contributed by atoms with E-state index in [1.807, 2.05) is 79.1 Å². The predicted octanol–water partition coefficient (Wildman–Crippen LogP) is 5.86. The highest BCUT2D eigenvalue weighted by molar-refractivity contribution is 7.99. The molecule has 0 saturated heterocycles. The van der Waals surface area contributed by atoms with E-state index in [0.29, 0.717) is 16.6 Å². The Bertz CT molecular complexity index is 1220. The van der Waals surface area contributed by atoms with E-state index in [9.17, 15) is 4.79 Å². The topological polar surface area (TPSA) is 59.8 Å². The maximum atomic E-state index is 12.6. The first kappa shape index (κ1) is 22.1. The molecule has 0 spiro atoms. The number of aromatic nitrogens is 3. The number of carbonyl (C=O) groups is 1. The maximum Gasteiger partial charge on any atom is 0.234 e. The van der Waals surface area contributed by atoms with Crippen LogP contribution in [-0.2, 0) is 11.2 Å². The normalized spacial score (nSPS) is 10.8. The van der Waals surface area contributed by atoms with Crippen molar-refractivity contribution in [1.29, 1.82) is 0 Å². The highest BCUT2D eigenvalue weighted by Gasteiger charge is 2.17.